The number of unbranched alkanes of at least 4 members (excludes halogenated alkanes) is 1. The third-order valence-corrected chi connectivity index (χ3v) is 4.18. The highest BCUT2D eigenvalue weighted by Gasteiger charge is 2.23. The van der Waals surface area contributed by atoms with E-state index in [1.165, 1.54) is 24.3 Å². The van der Waals surface area contributed by atoms with E-state index in [1.807, 2.05) is 12.1 Å². The molecule has 0 unspecified atom stereocenters. The quantitative estimate of drug-likeness (QED) is 0.397. The maximum atomic E-state index is 13.1. The van der Waals surface area contributed by atoms with Gasteiger partial charge >= 0.3 is 0 Å². The Morgan fingerprint density at radius 1 is 1.21 bits per heavy atom. The van der Waals surface area contributed by atoms with Crippen molar-refractivity contribution >= 4 is 32.7 Å². The molecule has 1 aromatic heterocycles. The number of carbonyl (C=O) groups excluding carboxylic acids is 1. The van der Waals surface area contributed by atoms with Gasteiger partial charge in [-0.3, -0.25) is 4.79 Å². The van der Waals surface area contributed by atoms with Crippen LogP contribution in [-0.4, -0.2) is 12.4 Å². The van der Waals surface area contributed by atoms with E-state index in [-0.39, 0.29) is 17.5 Å². The molecule has 0 amide bonds. The molecule has 0 radical (unpaired) electrons. The molecule has 2 aromatic carbocycles. The van der Waals surface area contributed by atoms with Crippen molar-refractivity contribution < 1.29 is 18.3 Å². The molecule has 1 heterocycles. The molecule has 0 saturated carbocycles. The Bertz CT molecular complexity index is 868. The van der Waals surface area contributed by atoms with E-state index >= 15 is 0 Å². The fourth-order valence-electron chi connectivity index (χ4n) is 2.42. The van der Waals surface area contributed by atoms with Gasteiger partial charge in [-0.1, -0.05) is 29.3 Å². The van der Waals surface area contributed by atoms with Crippen molar-refractivity contribution in [3.63, 3.8) is 0 Å². The number of carbonyl (C=O) groups is 1. The maximum absolute atomic E-state index is 13.1. The van der Waals surface area contributed by atoms with E-state index in [4.69, 9.17) is 9.15 Å². The van der Waals surface area contributed by atoms with Gasteiger partial charge in [0.1, 0.15) is 17.0 Å². The predicted molar refractivity (Wildman–Crippen MR) is 94.1 cm³/mol. The van der Waals surface area contributed by atoms with Crippen molar-refractivity contribution in [1.29, 1.82) is 0 Å². The summed E-state index contributed by atoms with van der Waals surface area (Å²) < 4.78 is 25.4. The molecule has 3 aromatic rings. The summed E-state index contributed by atoms with van der Waals surface area (Å²) in [5, 5.41) is 0.671. The first-order valence-electron chi connectivity index (χ1n) is 7.75. The summed E-state index contributed by atoms with van der Waals surface area (Å²) in [6.07, 6.45) is 1.85. The van der Waals surface area contributed by atoms with Crippen molar-refractivity contribution in [3.05, 3.63) is 63.9 Å². The lowest BCUT2D eigenvalue weighted by atomic mass is 10.0. The number of ether oxygens (including phenoxy) is 1. The molecule has 0 saturated heterocycles. The number of ketones is 1. The van der Waals surface area contributed by atoms with Gasteiger partial charge in [0, 0.05) is 15.4 Å². The van der Waals surface area contributed by atoms with E-state index < -0.39 is 0 Å². The van der Waals surface area contributed by atoms with Crippen LogP contribution in [0.3, 0.4) is 0 Å². The number of hydrogen-bond acceptors (Lipinski definition) is 3. The van der Waals surface area contributed by atoms with E-state index in [1.54, 1.807) is 6.07 Å². The van der Waals surface area contributed by atoms with Crippen LogP contribution in [0.2, 0.25) is 0 Å². The first kappa shape index (κ1) is 16.7. The molecule has 0 fully saturated rings. The standard InChI is InChI=1S/C19H16BrFO3/c1-2-3-10-23-19-17(15-11-13(20)6-9-16(15)24-19)18(22)12-4-7-14(21)8-5-12/h4-9,11H,2-3,10H2,1H3. The van der Waals surface area contributed by atoms with Gasteiger partial charge in [0.2, 0.25) is 5.78 Å². The van der Waals surface area contributed by atoms with Crippen LogP contribution in [0.5, 0.6) is 5.95 Å². The van der Waals surface area contributed by atoms with Crippen LogP contribution in [0.1, 0.15) is 35.7 Å². The normalized spacial score (nSPS) is 11.0. The number of fused-ring (bicyclic) bond motifs is 1. The van der Waals surface area contributed by atoms with Gasteiger partial charge < -0.3 is 9.15 Å². The van der Waals surface area contributed by atoms with Crippen LogP contribution in [0.4, 0.5) is 4.39 Å². The van der Waals surface area contributed by atoms with Gasteiger partial charge in [-0.05, 0) is 48.9 Å². The molecule has 3 nitrogen and oxygen atoms in total. The molecule has 0 spiro atoms. The lowest BCUT2D eigenvalue weighted by molar-refractivity contribution is 0.103. The number of furan rings is 1. The van der Waals surface area contributed by atoms with Gasteiger partial charge in [-0.25, -0.2) is 4.39 Å². The molecule has 24 heavy (non-hydrogen) atoms. The average Bonchev–Trinajstić information content (AvgIpc) is 2.92. The minimum absolute atomic E-state index is 0.214. The smallest absolute Gasteiger partial charge is 0.297 e. The molecular formula is C19H16BrFO3. The number of benzene rings is 2. The highest BCUT2D eigenvalue weighted by molar-refractivity contribution is 9.10. The van der Waals surface area contributed by atoms with Crippen LogP contribution in [0, 0.1) is 5.82 Å². The van der Waals surface area contributed by atoms with Crippen LogP contribution >= 0.6 is 15.9 Å². The van der Waals surface area contributed by atoms with Gasteiger partial charge in [0.25, 0.3) is 5.95 Å². The van der Waals surface area contributed by atoms with Gasteiger partial charge in [0.05, 0.1) is 6.61 Å². The number of rotatable bonds is 6. The fraction of sp³-hybridized carbons (Fsp3) is 0.211. The molecular weight excluding hydrogens is 375 g/mol. The van der Waals surface area contributed by atoms with Crippen molar-refractivity contribution in [1.82, 2.24) is 0 Å². The van der Waals surface area contributed by atoms with Gasteiger partial charge in [-0.2, -0.15) is 0 Å². The second-order valence-electron chi connectivity index (χ2n) is 5.44. The zero-order valence-corrected chi connectivity index (χ0v) is 14.7. The fourth-order valence-corrected chi connectivity index (χ4v) is 2.78. The van der Waals surface area contributed by atoms with Crippen molar-refractivity contribution in [2.75, 3.05) is 6.61 Å². The molecule has 0 bridgehead atoms. The van der Waals surface area contributed by atoms with Crippen LogP contribution in [0.15, 0.2) is 51.4 Å². The van der Waals surface area contributed by atoms with Crippen LogP contribution in [0.25, 0.3) is 11.0 Å². The third-order valence-electron chi connectivity index (χ3n) is 3.68. The van der Waals surface area contributed by atoms with E-state index in [0.29, 0.717) is 28.7 Å². The maximum Gasteiger partial charge on any atom is 0.297 e. The zero-order valence-electron chi connectivity index (χ0n) is 13.1. The molecule has 124 valence electrons. The Balaban J connectivity index is 2.08. The minimum atomic E-state index is -0.384. The predicted octanol–water partition coefficient (Wildman–Crippen LogP) is 5.74. The van der Waals surface area contributed by atoms with Crippen molar-refractivity contribution in [3.8, 4) is 5.95 Å². The average molecular weight is 391 g/mol. The van der Waals surface area contributed by atoms with E-state index in [9.17, 15) is 9.18 Å². The largest absolute Gasteiger partial charge is 0.465 e. The van der Waals surface area contributed by atoms with Gasteiger partial charge in [0.15, 0.2) is 0 Å². The SMILES string of the molecule is CCCCOc1oc2ccc(Br)cc2c1C(=O)c1ccc(F)cc1. The molecule has 0 aliphatic heterocycles. The van der Waals surface area contributed by atoms with E-state index in [2.05, 4.69) is 22.9 Å². The molecule has 0 atom stereocenters. The summed E-state index contributed by atoms with van der Waals surface area (Å²) in [5.41, 5.74) is 1.34. The van der Waals surface area contributed by atoms with Crippen LogP contribution < -0.4 is 4.74 Å². The summed E-state index contributed by atoms with van der Waals surface area (Å²) in [6.45, 7) is 2.53. The first-order valence-corrected chi connectivity index (χ1v) is 8.54. The highest BCUT2D eigenvalue weighted by atomic mass is 79.9. The lowest BCUT2D eigenvalue weighted by Gasteiger charge is -2.05. The van der Waals surface area contributed by atoms with Crippen molar-refractivity contribution in [2.24, 2.45) is 0 Å². The zero-order chi connectivity index (χ0) is 17.1. The molecule has 0 aliphatic carbocycles. The first-order chi connectivity index (χ1) is 11.6. The Hall–Kier alpha value is -2.14. The van der Waals surface area contributed by atoms with E-state index in [0.717, 1.165) is 17.3 Å². The monoisotopic (exact) mass is 390 g/mol. The summed E-state index contributed by atoms with van der Waals surface area (Å²) >= 11 is 3.41. The Labute approximate surface area is 147 Å². The lowest BCUT2D eigenvalue weighted by Crippen LogP contribution is -2.05. The number of hydrogen-bond donors (Lipinski definition) is 0. The highest BCUT2D eigenvalue weighted by Crippen LogP contribution is 2.35. The third kappa shape index (κ3) is 3.36. The van der Waals surface area contributed by atoms with Crippen LogP contribution in [-0.2, 0) is 0 Å². The topological polar surface area (TPSA) is 39.4 Å². The summed E-state index contributed by atoms with van der Waals surface area (Å²) in [5.74, 6) is -0.421. The molecule has 3 rings (SSSR count). The second-order valence-corrected chi connectivity index (χ2v) is 6.36. The van der Waals surface area contributed by atoms with Crippen molar-refractivity contribution in [2.45, 2.75) is 19.8 Å². The summed E-state index contributed by atoms with van der Waals surface area (Å²) in [7, 11) is 0. The minimum Gasteiger partial charge on any atom is -0.465 e. The Morgan fingerprint density at radius 3 is 2.67 bits per heavy atom. The van der Waals surface area contributed by atoms with Gasteiger partial charge in [-0.15, -0.1) is 0 Å². The summed E-state index contributed by atoms with van der Waals surface area (Å²) in [4.78, 5) is 12.9. The second kappa shape index (κ2) is 7.18. The molecule has 0 N–H and O–H groups in total. The number of halogens is 2. The Morgan fingerprint density at radius 2 is 1.96 bits per heavy atom. The summed E-state index contributed by atoms with van der Waals surface area (Å²) in [6, 6.07) is 10.9. The molecule has 5 heteroatoms. The molecule has 0 aliphatic rings. The Kier molecular flexibility index (Phi) is 5.00.